The molecular weight excluding hydrogens is 212 g/mol. The van der Waals surface area contributed by atoms with Crippen molar-refractivity contribution < 1.29 is 4.74 Å². The van der Waals surface area contributed by atoms with E-state index in [1.807, 2.05) is 6.20 Å². The highest BCUT2D eigenvalue weighted by Crippen LogP contribution is 2.24. The van der Waals surface area contributed by atoms with Gasteiger partial charge in [0.1, 0.15) is 6.10 Å². The lowest BCUT2D eigenvalue weighted by Crippen LogP contribution is -2.43. The molecule has 0 saturated heterocycles. The Morgan fingerprint density at radius 3 is 2.88 bits per heavy atom. The first-order chi connectivity index (χ1) is 8.13. The highest BCUT2D eigenvalue weighted by atomic mass is 16.5. The number of rotatable bonds is 5. The lowest BCUT2D eigenvalue weighted by Gasteiger charge is -2.32. The van der Waals surface area contributed by atoms with Gasteiger partial charge in [-0.05, 0) is 43.2 Å². The van der Waals surface area contributed by atoms with Gasteiger partial charge < -0.3 is 10.5 Å². The molecule has 0 aromatic carbocycles. The van der Waals surface area contributed by atoms with Crippen LogP contribution in [0.25, 0.3) is 0 Å². The lowest BCUT2D eigenvalue weighted by molar-refractivity contribution is 0.0957. The smallest absolute Gasteiger partial charge is 0.213 e. The Balaban J connectivity index is 1.87. The number of hydrogen-bond donors (Lipinski definition) is 1. The first kappa shape index (κ1) is 12.4. The summed E-state index contributed by atoms with van der Waals surface area (Å²) in [5, 5.41) is 0. The zero-order chi connectivity index (χ0) is 12.3. The van der Waals surface area contributed by atoms with Crippen molar-refractivity contribution in [2.45, 2.75) is 51.7 Å². The summed E-state index contributed by atoms with van der Waals surface area (Å²) in [6.45, 7) is 4.49. The van der Waals surface area contributed by atoms with E-state index in [4.69, 9.17) is 10.5 Å². The Morgan fingerprint density at radius 2 is 2.24 bits per heavy atom. The molecule has 0 atom stereocenters. The minimum absolute atomic E-state index is 0.276. The molecule has 0 aliphatic heterocycles. The van der Waals surface area contributed by atoms with Crippen LogP contribution in [0.15, 0.2) is 18.3 Å². The summed E-state index contributed by atoms with van der Waals surface area (Å²) in [7, 11) is 0. The van der Waals surface area contributed by atoms with E-state index < -0.39 is 0 Å². The molecule has 1 fully saturated rings. The highest BCUT2D eigenvalue weighted by Gasteiger charge is 2.27. The predicted molar refractivity (Wildman–Crippen MR) is 69.0 cm³/mol. The van der Waals surface area contributed by atoms with Gasteiger partial charge in [0.25, 0.3) is 0 Å². The summed E-state index contributed by atoms with van der Waals surface area (Å²) in [6.07, 6.45) is 6.33. The fourth-order valence-corrected chi connectivity index (χ4v) is 2.00. The number of nitrogens with two attached hydrogens (primary N) is 1. The Kier molecular flexibility index (Phi) is 4.00. The third kappa shape index (κ3) is 3.70. The van der Waals surface area contributed by atoms with Crippen LogP contribution >= 0.6 is 0 Å². The number of hydrogen-bond acceptors (Lipinski definition) is 3. The average molecular weight is 234 g/mol. The molecule has 3 nitrogen and oxygen atoms in total. The minimum Gasteiger partial charge on any atom is -0.474 e. The van der Waals surface area contributed by atoms with Crippen molar-refractivity contribution in [2.75, 3.05) is 0 Å². The predicted octanol–water partition coefficient (Wildman–Crippen LogP) is 2.54. The standard InChI is InChI=1S/C14H22N2O/c1-10(2)3-4-11-5-6-16-14(7-11)17-13-8-12(15)9-13/h5-7,10,12-13H,3-4,8-9,15H2,1-2H3. The maximum absolute atomic E-state index is 5.78. The Morgan fingerprint density at radius 1 is 1.47 bits per heavy atom. The van der Waals surface area contributed by atoms with Crippen LogP contribution in [0.4, 0.5) is 0 Å². The summed E-state index contributed by atoms with van der Waals surface area (Å²) in [5.74, 6) is 1.49. The van der Waals surface area contributed by atoms with Crippen molar-refractivity contribution in [1.82, 2.24) is 4.98 Å². The van der Waals surface area contributed by atoms with Gasteiger partial charge in [0.2, 0.25) is 5.88 Å². The van der Waals surface area contributed by atoms with Crippen LogP contribution in [0.3, 0.4) is 0 Å². The fraction of sp³-hybridized carbons (Fsp3) is 0.643. The zero-order valence-electron chi connectivity index (χ0n) is 10.7. The van der Waals surface area contributed by atoms with Crippen LogP contribution < -0.4 is 10.5 Å². The average Bonchev–Trinajstić information content (AvgIpc) is 2.25. The van der Waals surface area contributed by atoms with Crippen LogP contribution in [0.2, 0.25) is 0 Å². The van der Waals surface area contributed by atoms with Gasteiger partial charge in [-0.2, -0.15) is 0 Å². The van der Waals surface area contributed by atoms with E-state index in [1.165, 1.54) is 12.0 Å². The Hall–Kier alpha value is -1.09. The van der Waals surface area contributed by atoms with Crippen LogP contribution in [0.5, 0.6) is 5.88 Å². The van der Waals surface area contributed by atoms with E-state index in [0.717, 1.165) is 31.1 Å². The lowest BCUT2D eigenvalue weighted by atomic mass is 9.90. The number of nitrogens with zero attached hydrogens (tertiary/aromatic N) is 1. The van der Waals surface area contributed by atoms with E-state index >= 15 is 0 Å². The SMILES string of the molecule is CC(C)CCc1ccnc(OC2CC(N)C2)c1. The third-order valence-electron chi connectivity index (χ3n) is 3.23. The van der Waals surface area contributed by atoms with E-state index in [9.17, 15) is 0 Å². The molecule has 1 aliphatic rings. The largest absolute Gasteiger partial charge is 0.474 e. The number of aromatic nitrogens is 1. The molecule has 2 rings (SSSR count). The second-order valence-corrected chi connectivity index (χ2v) is 5.41. The second kappa shape index (κ2) is 5.50. The first-order valence-corrected chi connectivity index (χ1v) is 6.50. The quantitative estimate of drug-likeness (QED) is 0.851. The van der Waals surface area contributed by atoms with Crippen LogP contribution in [0, 0.1) is 5.92 Å². The summed E-state index contributed by atoms with van der Waals surface area (Å²) in [5.41, 5.74) is 7.05. The van der Waals surface area contributed by atoms with Crippen LogP contribution in [-0.2, 0) is 6.42 Å². The number of ether oxygens (including phenoxy) is 1. The molecule has 1 heterocycles. The molecule has 17 heavy (non-hydrogen) atoms. The van der Waals surface area contributed by atoms with Gasteiger partial charge in [0.05, 0.1) is 0 Å². The molecular formula is C14H22N2O. The summed E-state index contributed by atoms with van der Waals surface area (Å²) < 4.78 is 5.78. The topological polar surface area (TPSA) is 48.1 Å². The maximum atomic E-state index is 5.78. The minimum atomic E-state index is 0.276. The van der Waals surface area contributed by atoms with Crippen molar-refractivity contribution in [2.24, 2.45) is 11.7 Å². The van der Waals surface area contributed by atoms with Gasteiger partial charge in [-0.15, -0.1) is 0 Å². The third-order valence-corrected chi connectivity index (χ3v) is 3.23. The van der Waals surface area contributed by atoms with Gasteiger partial charge in [-0.25, -0.2) is 4.98 Å². The number of aryl methyl sites for hydroxylation is 1. The molecule has 0 radical (unpaired) electrons. The molecule has 2 N–H and O–H groups in total. The molecule has 0 spiro atoms. The monoisotopic (exact) mass is 234 g/mol. The fourth-order valence-electron chi connectivity index (χ4n) is 2.00. The highest BCUT2D eigenvalue weighted by molar-refractivity contribution is 5.21. The normalized spacial score (nSPS) is 23.5. The molecule has 0 bridgehead atoms. The molecule has 3 heteroatoms. The Labute approximate surface area is 103 Å². The van der Waals surface area contributed by atoms with E-state index in [2.05, 4.69) is 31.0 Å². The summed E-state index contributed by atoms with van der Waals surface area (Å²) in [6, 6.07) is 4.46. The number of pyridine rings is 1. The second-order valence-electron chi connectivity index (χ2n) is 5.41. The van der Waals surface area contributed by atoms with Crippen molar-refractivity contribution in [3.05, 3.63) is 23.9 Å². The van der Waals surface area contributed by atoms with E-state index in [-0.39, 0.29) is 6.10 Å². The summed E-state index contributed by atoms with van der Waals surface area (Å²) in [4.78, 5) is 4.25. The van der Waals surface area contributed by atoms with Gasteiger partial charge in [0.15, 0.2) is 0 Å². The summed E-state index contributed by atoms with van der Waals surface area (Å²) >= 11 is 0. The zero-order valence-corrected chi connectivity index (χ0v) is 10.7. The van der Waals surface area contributed by atoms with Gasteiger partial charge in [-0.1, -0.05) is 13.8 Å². The van der Waals surface area contributed by atoms with E-state index in [0.29, 0.717) is 6.04 Å². The van der Waals surface area contributed by atoms with Gasteiger partial charge in [-0.3, -0.25) is 0 Å². The van der Waals surface area contributed by atoms with Crippen LogP contribution in [0.1, 0.15) is 38.7 Å². The Bertz CT molecular complexity index is 359. The van der Waals surface area contributed by atoms with Crippen molar-refractivity contribution in [1.29, 1.82) is 0 Å². The molecule has 0 amide bonds. The molecule has 1 aromatic heterocycles. The van der Waals surface area contributed by atoms with Crippen molar-refractivity contribution in [3.8, 4) is 5.88 Å². The van der Waals surface area contributed by atoms with Crippen LogP contribution in [-0.4, -0.2) is 17.1 Å². The van der Waals surface area contributed by atoms with E-state index in [1.54, 1.807) is 0 Å². The molecule has 94 valence electrons. The molecule has 0 unspecified atom stereocenters. The maximum Gasteiger partial charge on any atom is 0.213 e. The first-order valence-electron chi connectivity index (χ1n) is 6.50. The van der Waals surface area contributed by atoms with Gasteiger partial charge in [0, 0.05) is 18.3 Å². The van der Waals surface area contributed by atoms with Crippen molar-refractivity contribution in [3.63, 3.8) is 0 Å². The van der Waals surface area contributed by atoms with Crippen molar-refractivity contribution >= 4 is 0 Å². The van der Waals surface area contributed by atoms with Gasteiger partial charge >= 0.3 is 0 Å². The molecule has 1 saturated carbocycles. The molecule has 1 aliphatic carbocycles. The molecule has 1 aromatic rings.